The van der Waals surface area contributed by atoms with E-state index in [0.29, 0.717) is 13.2 Å². The lowest BCUT2D eigenvalue weighted by Crippen LogP contribution is -2.43. The Morgan fingerprint density at radius 3 is 2.48 bits per heavy atom. The molecule has 1 saturated carbocycles. The lowest BCUT2D eigenvalue weighted by atomic mass is 10.00. The third-order valence-corrected chi connectivity index (χ3v) is 4.84. The van der Waals surface area contributed by atoms with Gasteiger partial charge in [0.1, 0.15) is 11.4 Å². The summed E-state index contributed by atoms with van der Waals surface area (Å²) in [5.74, 6) is 0.821. The molecule has 1 amide bonds. The van der Waals surface area contributed by atoms with Crippen molar-refractivity contribution in [1.82, 2.24) is 0 Å². The average Bonchev–Trinajstić information content (AvgIpc) is 3.12. The van der Waals surface area contributed by atoms with Gasteiger partial charge in [0.15, 0.2) is 0 Å². The fourth-order valence-corrected chi connectivity index (χ4v) is 3.58. The first-order chi connectivity index (χ1) is 12.2. The molecule has 3 rings (SSSR count). The molecule has 2 aromatic carbocycles. The third kappa shape index (κ3) is 3.64. The number of hydrogen-bond donors (Lipinski definition) is 1. The van der Waals surface area contributed by atoms with E-state index in [1.54, 1.807) is 0 Å². The van der Waals surface area contributed by atoms with Crippen LogP contribution in [0.25, 0.3) is 10.8 Å². The average molecular weight is 341 g/mol. The van der Waals surface area contributed by atoms with Gasteiger partial charge in [-0.2, -0.15) is 0 Å². The lowest BCUT2D eigenvalue weighted by molar-refractivity contribution is -0.140. The Morgan fingerprint density at radius 1 is 1.08 bits per heavy atom. The molecule has 0 atom stereocenters. The molecule has 134 valence electrons. The number of amides is 1. The highest BCUT2D eigenvalue weighted by atomic mass is 16.5. The van der Waals surface area contributed by atoms with Crippen LogP contribution in [0.4, 0.5) is 5.69 Å². The Labute approximate surface area is 149 Å². The zero-order valence-corrected chi connectivity index (χ0v) is 15.1. The quantitative estimate of drug-likeness (QED) is 0.778. The third-order valence-electron chi connectivity index (χ3n) is 4.84. The summed E-state index contributed by atoms with van der Waals surface area (Å²) in [7, 11) is 0. The Balaban J connectivity index is 1.89. The normalized spacial score (nSPS) is 16.1. The maximum atomic E-state index is 13.0. The monoisotopic (exact) mass is 341 g/mol. The minimum Gasteiger partial charge on any atom is -0.493 e. The van der Waals surface area contributed by atoms with Crippen molar-refractivity contribution in [3.8, 4) is 5.75 Å². The summed E-state index contributed by atoms with van der Waals surface area (Å²) >= 11 is 0. The molecular formula is C21H27NO3. The first kappa shape index (κ1) is 17.7. The lowest BCUT2D eigenvalue weighted by Gasteiger charge is -2.28. The Morgan fingerprint density at radius 2 is 1.80 bits per heavy atom. The zero-order chi connectivity index (χ0) is 17.7. The van der Waals surface area contributed by atoms with Gasteiger partial charge in [0.25, 0.3) is 5.91 Å². The fourth-order valence-electron chi connectivity index (χ4n) is 3.58. The number of anilines is 1. The van der Waals surface area contributed by atoms with Gasteiger partial charge < -0.3 is 14.8 Å². The molecule has 0 radical (unpaired) electrons. The molecule has 2 aromatic rings. The van der Waals surface area contributed by atoms with Gasteiger partial charge in [-0.25, -0.2) is 0 Å². The summed E-state index contributed by atoms with van der Waals surface area (Å²) in [6, 6.07) is 11.9. The van der Waals surface area contributed by atoms with E-state index >= 15 is 0 Å². The zero-order valence-electron chi connectivity index (χ0n) is 15.1. The molecule has 1 fully saturated rings. The van der Waals surface area contributed by atoms with Gasteiger partial charge in [-0.05, 0) is 51.2 Å². The van der Waals surface area contributed by atoms with Gasteiger partial charge in [0.05, 0.1) is 6.61 Å². The van der Waals surface area contributed by atoms with Crippen LogP contribution in [-0.2, 0) is 9.53 Å². The molecule has 0 aliphatic heterocycles. The molecule has 1 aliphatic rings. The summed E-state index contributed by atoms with van der Waals surface area (Å²) in [5, 5.41) is 5.13. The van der Waals surface area contributed by atoms with Crippen LogP contribution in [0.1, 0.15) is 46.0 Å². The molecule has 4 heteroatoms. The molecule has 0 heterocycles. The minimum atomic E-state index is -0.671. The van der Waals surface area contributed by atoms with E-state index in [0.717, 1.165) is 54.3 Å². The van der Waals surface area contributed by atoms with Crippen LogP contribution in [0.2, 0.25) is 0 Å². The second-order valence-electron chi connectivity index (χ2n) is 6.59. The van der Waals surface area contributed by atoms with Crippen molar-refractivity contribution in [1.29, 1.82) is 0 Å². The highest BCUT2D eigenvalue weighted by Gasteiger charge is 2.42. The Kier molecular flexibility index (Phi) is 5.59. The summed E-state index contributed by atoms with van der Waals surface area (Å²) < 4.78 is 11.7. The molecule has 0 aromatic heterocycles. The van der Waals surface area contributed by atoms with E-state index in [2.05, 4.69) is 12.2 Å². The summed E-state index contributed by atoms with van der Waals surface area (Å²) in [6.07, 6.45) is 4.60. The van der Waals surface area contributed by atoms with Gasteiger partial charge >= 0.3 is 0 Å². The maximum absolute atomic E-state index is 13.0. The molecule has 1 N–H and O–H groups in total. The molecule has 4 nitrogen and oxygen atoms in total. The van der Waals surface area contributed by atoms with Crippen molar-refractivity contribution >= 4 is 22.4 Å². The first-order valence-corrected chi connectivity index (χ1v) is 9.30. The van der Waals surface area contributed by atoms with Crippen molar-refractivity contribution < 1.29 is 14.3 Å². The summed E-state index contributed by atoms with van der Waals surface area (Å²) in [5.41, 5.74) is 0.144. The van der Waals surface area contributed by atoms with Crippen molar-refractivity contribution in [3.63, 3.8) is 0 Å². The highest BCUT2D eigenvalue weighted by Crippen LogP contribution is 2.36. The van der Waals surface area contributed by atoms with Crippen LogP contribution in [0.15, 0.2) is 36.4 Å². The molecule has 1 aliphatic carbocycles. The number of nitrogens with one attached hydrogen (secondary N) is 1. The van der Waals surface area contributed by atoms with E-state index in [1.807, 2.05) is 43.3 Å². The van der Waals surface area contributed by atoms with Crippen LogP contribution >= 0.6 is 0 Å². The van der Waals surface area contributed by atoms with Gasteiger partial charge in [-0.3, -0.25) is 4.79 Å². The van der Waals surface area contributed by atoms with E-state index in [-0.39, 0.29) is 5.91 Å². The molecule has 0 unspecified atom stereocenters. The maximum Gasteiger partial charge on any atom is 0.256 e. The van der Waals surface area contributed by atoms with E-state index < -0.39 is 5.60 Å². The predicted octanol–water partition coefficient (Wildman–Crippen LogP) is 4.92. The highest BCUT2D eigenvalue weighted by molar-refractivity contribution is 6.06. The number of ether oxygens (including phenoxy) is 2. The van der Waals surface area contributed by atoms with Gasteiger partial charge in [0, 0.05) is 23.1 Å². The molecule has 0 bridgehead atoms. The molecule has 0 saturated heterocycles. The fraction of sp³-hybridized carbons (Fsp3) is 0.476. The van der Waals surface area contributed by atoms with Crippen molar-refractivity contribution in [3.05, 3.63) is 36.4 Å². The second-order valence-corrected chi connectivity index (χ2v) is 6.59. The summed E-state index contributed by atoms with van der Waals surface area (Å²) in [4.78, 5) is 13.0. The smallest absolute Gasteiger partial charge is 0.256 e. The van der Waals surface area contributed by atoms with Gasteiger partial charge in [-0.15, -0.1) is 0 Å². The van der Waals surface area contributed by atoms with Crippen molar-refractivity contribution in [2.75, 3.05) is 18.5 Å². The van der Waals surface area contributed by atoms with Crippen LogP contribution in [-0.4, -0.2) is 24.7 Å². The summed E-state index contributed by atoms with van der Waals surface area (Å²) in [6.45, 7) is 5.28. The van der Waals surface area contributed by atoms with Crippen LogP contribution in [0.3, 0.4) is 0 Å². The van der Waals surface area contributed by atoms with Crippen molar-refractivity contribution in [2.24, 2.45) is 0 Å². The second kappa shape index (κ2) is 7.87. The largest absolute Gasteiger partial charge is 0.493 e. The predicted molar refractivity (Wildman–Crippen MR) is 101 cm³/mol. The van der Waals surface area contributed by atoms with Gasteiger partial charge in [-0.1, -0.05) is 31.2 Å². The first-order valence-electron chi connectivity index (χ1n) is 9.30. The molecule has 25 heavy (non-hydrogen) atoms. The number of hydrogen-bond acceptors (Lipinski definition) is 3. The number of carbonyl (C=O) groups excluding carboxylic acids is 1. The number of rotatable bonds is 7. The van der Waals surface area contributed by atoms with Crippen LogP contribution in [0, 0.1) is 0 Å². The standard InChI is InChI=1S/C21H27NO3/c1-3-15-25-21(13-7-8-14-21)20(23)22-18-11-12-19(24-4-2)17-10-6-5-9-16(17)18/h5-6,9-12H,3-4,7-8,13-15H2,1-2H3,(H,22,23). The topological polar surface area (TPSA) is 47.6 Å². The minimum absolute atomic E-state index is 0.0206. The SMILES string of the molecule is CCCOC1(C(=O)Nc2ccc(OCC)c3ccccc23)CCCC1. The van der Waals surface area contributed by atoms with E-state index in [1.165, 1.54) is 0 Å². The van der Waals surface area contributed by atoms with Gasteiger partial charge in [0.2, 0.25) is 0 Å². The van der Waals surface area contributed by atoms with Crippen LogP contribution < -0.4 is 10.1 Å². The van der Waals surface area contributed by atoms with Crippen LogP contribution in [0.5, 0.6) is 5.75 Å². The molecular weight excluding hydrogens is 314 g/mol. The molecule has 0 spiro atoms. The number of carbonyl (C=O) groups is 1. The van der Waals surface area contributed by atoms with E-state index in [9.17, 15) is 4.79 Å². The van der Waals surface area contributed by atoms with E-state index in [4.69, 9.17) is 9.47 Å². The number of fused-ring (bicyclic) bond motifs is 1. The Bertz CT molecular complexity index is 735. The number of benzene rings is 2. The Hall–Kier alpha value is -2.07. The van der Waals surface area contributed by atoms with Crippen molar-refractivity contribution in [2.45, 2.75) is 51.6 Å².